The maximum Gasteiger partial charge on any atom is 0.410 e. The maximum absolute atomic E-state index is 13.4. The van der Waals surface area contributed by atoms with Crippen molar-refractivity contribution < 1.29 is 79.0 Å². The Kier molecular flexibility index (Phi) is 28.2. The van der Waals surface area contributed by atoms with Crippen LogP contribution in [0.25, 0.3) is 0 Å². The highest BCUT2D eigenvalue weighted by Gasteiger charge is 2.36. The van der Waals surface area contributed by atoms with E-state index >= 15 is 0 Å². The molecule has 0 radical (unpaired) electrons. The number of carbonyl (C=O) groups excluding carboxylic acids is 3. The second-order valence-corrected chi connectivity index (χ2v) is 33.2. The predicted octanol–water partition coefficient (Wildman–Crippen LogP) is 16.7. The zero-order valence-electron chi connectivity index (χ0n) is 56.9. The van der Waals surface area contributed by atoms with Gasteiger partial charge in [-0.25, -0.2) is 44.4 Å². The van der Waals surface area contributed by atoms with E-state index in [0.29, 0.717) is 51.3 Å². The van der Waals surface area contributed by atoms with E-state index in [-0.39, 0.29) is 109 Å². The van der Waals surface area contributed by atoms with E-state index in [2.05, 4.69) is 21.2 Å². The zero-order valence-corrected chi connectivity index (χ0v) is 62.6. The summed E-state index contributed by atoms with van der Waals surface area (Å²) in [5.41, 5.74) is 1.42. The fourth-order valence-corrected chi connectivity index (χ4v) is 15.4. The van der Waals surface area contributed by atoms with Crippen LogP contribution in [0.3, 0.4) is 0 Å². The lowest BCUT2D eigenvalue weighted by Gasteiger charge is -2.24. The molecular formula is C73H86BrCl2F3N4O14S3. The highest BCUT2D eigenvalue weighted by Crippen LogP contribution is 2.41. The van der Waals surface area contributed by atoms with Gasteiger partial charge in [-0.15, -0.1) is 24.8 Å². The van der Waals surface area contributed by atoms with E-state index in [9.17, 15) is 64.8 Å². The molecule has 11 rings (SSSR count). The molecule has 18 nitrogen and oxygen atoms in total. The Morgan fingerprint density at radius 2 is 0.790 bits per heavy atom. The van der Waals surface area contributed by atoms with Gasteiger partial charge < -0.3 is 54.7 Å². The lowest BCUT2D eigenvalue weighted by Crippen LogP contribution is -2.35. The standard InChI is InChI=1S/C21H24FNO5S.C21H24FNO3S.C16H16FNO3S.C15H20BrNO3.2ClH/c1-21(2,3)28-20(25)23-10-9-14(13-23)18-8-7-17(12-19(18)24)29(26,27)16-6-4-5-15(22)11-16;1-21(2,3)26-20(25)23-10-9-14(13-23)18-8-7-17(12-19(18)24)27-16-6-4-5-15(22)11-16;17-12-2-1-3-13(8-12)22(20,21)14-4-5-15(16(19)9-14)11-6-7-18-10-11;1-15(2,3)20-14(19)17-7-6-10(9-17)12-5-4-11(16)8-13(12)18;;/h4-8,11-12,14,24H,9-10,13H2,1-3H3;4-8,11-12,14,24H,9-10,13H2,1-3H3;1-5,8-9,11,18-19H,6-7,10H2;4-5,8,10,18H,6-7,9H2,1-3H3;2*1H/t2*14-;11-;10-;;/m1111../s1. The molecule has 27 heteroatoms. The fourth-order valence-electron chi connectivity index (χ4n) is 11.5. The van der Waals surface area contributed by atoms with Crippen LogP contribution >= 0.6 is 52.5 Å². The molecule has 5 N–H and O–H groups in total. The molecule has 0 bridgehead atoms. The van der Waals surface area contributed by atoms with E-state index in [1.165, 1.54) is 78.5 Å². The van der Waals surface area contributed by atoms with Gasteiger partial charge in [0.25, 0.3) is 0 Å². The lowest BCUT2D eigenvalue weighted by molar-refractivity contribution is 0.0282. The molecule has 100 heavy (non-hydrogen) atoms. The molecule has 7 aromatic carbocycles. The van der Waals surface area contributed by atoms with Crippen molar-refractivity contribution in [3.05, 3.63) is 190 Å². The summed E-state index contributed by atoms with van der Waals surface area (Å²) in [5, 5.41) is 44.3. The van der Waals surface area contributed by atoms with E-state index in [4.69, 9.17) is 14.2 Å². The van der Waals surface area contributed by atoms with Gasteiger partial charge in [0, 0.05) is 83.7 Å². The number of likely N-dealkylation sites (tertiary alicyclic amines) is 3. The number of hydrogen-bond donors (Lipinski definition) is 5. The summed E-state index contributed by atoms with van der Waals surface area (Å²) in [5.74, 6) is -0.985. The van der Waals surface area contributed by atoms with Crippen molar-refractivity contribution >= 4 is 90.5 Å². The third-order valence-electron chi connectivity index (χ3n) is 16.2. The summed E-state index contributed by atoms with van der Waals surface area (Å²) >= 11 is 4.72. The second-order valence-electron chi connectivity index (χ2n) is 27.3. The third kappa shape index (κ3) is 22.6. The summed E-state index contributed by atoms with van der Waals surface area (Å²) in [7, 11) is -7.79. The minimum absolute atomic E-state index is 0. The van der Waals surface area contributed by atoms with Crippen LogP contribution in [0.1, 0.15) is 134 Å². The Bertz CT molecular complexity index is 4250. The largest absolute Gasteiger partial charge is 0.508 e. The zero-order chi connectivity index (χ0) is 71.7. The molecule has 4 aliphatic rings. The first kappa shape index (κ1) is 81.6. The molecular weight excluding hydrogens is 1460 g/mol. The van der Waals surface area contributed by atoms with Crippen LogP contribution in [0, 0.1) is 17.5 Å². The number of aromatic hydroxyl groups is 4. The van der Waals surface area contributed by atoms with Crippen LogP contribution in [0.2, 0.25) is 0 Å². The average Bonchev–Trinajstić information content (AvgIpc) is 0.883. The van der Waals surface area contributed by atoms with Crippen molar-refractivity contribution in [2.24, 2.45) is 0 Å². The quantitative estimate of drug-likeness (QED) is 0.0799. The Labute approximate surface area is 608 Å². The second kappa shape index (κ2) is 34.5. The molecule has 0 aliphatic carbocycles. The summed E-state index contributed by atoms with van der Waals surface area (Å²) in [6.07, 6.45) is 2.15. The Hall–Kier alpha value is -7.39. The molecule has 0 saturated carbocycles. The van der Waals surface area contributed by atoms with Crippen molar-refractivity contribution in [1.82, 2.24) is 20.0 Å². The van der Waals surface area contributed by atoms with Crippen LogP contribution < -0.4 is 5.32 Å². The molecule has 0 unspecified atom stereocenters. The van der Waals surface area contributed by atoms with Gasteiger partial charge in [0.15, 0.2) is 0 Å². The van der Waals surface area contributed by atoms with Crippen LogP contribution in [-0.4, -0.2) is 139 Å². The van der Waals surface area contributed by atoms with Gasteiger partial charge in [0.2, 0.25) is 19.7 Å². The van der Waals surface area contributed by atoms with Gasteiger partial charge in [-0.2, -0.15) is 0 Å². The Morgan fingerprint density at radius 1 is 0.450 bits per heavy atom. The minimum atomic E-state index is -3.95. The summed E-state index contributed by atoms with van der Waals surface area (Å²) in [6, 6.07) is 35.4. The maximum atomic E-state index is 13.4. The molecule has 4 aliphatic heterocycles. The highest BCUT2D eigenvalue weighted by molar-refractivity contribution is 9.10. The van der Waals surface area contributed by atoms with Gasteiger partial charge in [-0.3, -0.25) is 0 Å². The lowest BCUT2D eigenvalue weighted by atomic mass is 9.97. The molecule has 0 spiro atoms. The van der Waals surface area contributed by atoms with Crippen LogP contribution in [0.5, 0.6) is 23.0 Å². The first-order valence-corrected chi connectivity index (χ1v) is 36.6. The Morgan fingerprint density at radius 3 is 1.14 bits per heavy atom. The summed E-state index contributed by atoms with van der Waals surface area (Å²) in [6.45, 7) is 21.4. The molecule has 7 aromatic rings. The van der Waals surface area contributed by atoms with Crippen LogP contribution in [-0.2, 0) is 33.9 Å². The van der Waals surface area contributed by atoms with E-state index in [1.54, 1.807) is 65.8 Å². The number of phenolic OH excluding ortho intramolecular Hbond substituents is 4. The number of rotatable bonds is 10. The van der Waals surface area contributed by atoms with Gasteiger partial charge in [-0.05, 0) is 220 Å². The van der Waals surface area contributed by atoms with Crippen molar-refractivity contribution in [3.63, 3.8) is 0 Å². The van der Waals surface area contributed by atoms with Gasteiger partial charge in [-0.1, -0.05) is 70.2 Å². The molecule has 3 amide bonds. The molecule has 4 heterocycles. The van der Waals surface area contributed by atoms with Crippen molar-refractivity contribution in [3.8, 4) is 23.0 Å². The number of hydrogen-bond acceptors (Lipinski definition) is 16. The van der Waals surface area contributed by atoms with E-state index < -0.39 is 54.2 Å². The summed E-state index contributed by atoms with van der Waals surface area (Å²) in [4.78, 5) is 42.6. The van der Waals surface area contributed by atoms with E-state index in [0.717, 1.165) is 81.5 Å². The number of sulfone groups is 2. The number of benzene rings is 7. The van der Waals surface area contributed by atoms with Crippen molar-refractivity contribution in [1.29, 1.82) is 0 Å². The van der Waals surface area contributed by atoms with Gasteiger partial charge >= 0.3 is 18.3 Å². The highest BCUT2D eigenvalue weighted by atomic mass is 79.9. The predicted molar refractivity (Wildman–Crippen MR) is 385 cm³/mol. The topological polar surface area (TPSA) is 250 Å². The molecule has 542 valence electrons. The van der Waals surface area contributed by atoms with Crippen LogP contribution in [0.15, 0.2) is 179 Å². The first-order valence-electron chi connectivity index (χ1n) is 32.0. The smallest absolute Gasteiger partial charge is 0.410 e. The van der Waals surface area contributed by atoms with E-state index in [1.807, 2.05) is 71.9 Å². The average molecular weight is 1550 g/mol. The number of phenols is 4. The van der Waals surface area contributed by atoms with Crippen LogP contribution in [0.4, 0.5) is 27.6 Å². The number of nitrogens with zero attached hydrogens (tertiary/aromatic N) is 3. The number of carbonyl (C=O) groups is 3. The number of amides is 3. The normalized spacial score (nSPS) is 17.6. The monoisotopic (exact) mass is 1540 g/mol. The van der Waals surface area contributed by atoms with Crippen molar-refractivity contribution in [2.45, 2.75) is 158 Å². The van der Waals surface area contributed by atoms with Crippen molar-refractivity contribution in [2.75, 3.05) is 52.4 Å². The molecule has 4 atom stereocenters. The molecule has 4 saturated heterocycles. The summed E-state index contributed by atoms with van der Waals surface area (Å²) < 4.78 is 107. The fraction of sp³-hybridized carbons (Fsp3) is 0.384. The SMILES string of the molecule is CC(C)(C)OC(=O)N1CC[C@@H](c2ccc(Br)cc2O)C1.CC(C)(C)OC(=O)N1CC[C@@H](c2ccc(S(=O)(=O)c3cccc(F)c3)cc2O)C1.CC(C)(C)OC(=O)N1CC[C@@H](c2ccc(Sc3cccc(F)c3)cc2O)C1.Cl.Cl.O=S(=O)(c1cccc(F)c1)c1ccc([C@@H]2CCNC2)c(O)c1. The third-order valence-corrected chi connectivity index (χ3v) is 21.2. The molecule has 0 aromatic heterocycles. The number of halogens is 6. The molecule has 4 fully saturated rings. The van der Waals surface area contributed by atoms with Gasteiger partial charge in [0.05, 0.1) is 19.6 Å². The van der Waals surface area contributed by atoms with Gasteiger partial charge in [0.1, 0.15) is 57.3 Å². The number of nitrogens with one attached hydrogen (secondary N) is 1. The number of ether oxygens (including phenoxy) is 3. The Balaban J connectivity index is 0.000000211. The first-order chi connectivity index (χ1) is 45.9. The minimum Gasteiger partial charge on any atom is -0.508 e.